The van der Waals surface area contributed by atoms with Gasteiger partial charge < -0.3 is 65.1 Å². The van der Waals surface area contributed by atoms with Gasteiger partial charge >= 0.3 is 0 Å². The number of rotatable bonds is 48. The third-order valence-corrected chi connectivity index (χ3v) is 14.4. The van der Waals surface area contributed by atoms with Gasteiger partial charge in [0.1, 0.15) is 48.8 Å². The first-order chi connectivity index (χ1) is 39.1. The van der Waals surface area contributed by atoms with E-state index < -0.39 is 86.8 Å². The van der Waals surface area contributed by atoms with E-state index in [9.17, 15) is 45.6 Å². The lowest BCUT2D eigenvalue weighted by molar-refractivity contribution is -0.359. The summed E-state index contributed by atoms with van der Waals surface area (Å²) in [6.45, 7) is 2.64. The van der Waals surface area contributed by atoms with Crippen LogP contribution < -0.4 is 5.32 Å². The van der Waals surface area contributed by atoms with Crippen LogP contribution in [0.15, 0.2) is 109 Å². The van der Waals surface area contributed by atoms with Gasteiger partial charge in [-0.1, -0.05) is 220 Å². The molecule has 0 spiro atoms. The van der Waals surface area contributed by atoms with Gasteiger partial charge in [-0.2, -0.15) is 0 Å². The van der Waals surface area contributed by atoms with Gasteiger partial charge in [-0.05, 0) is 89.9 Å². The molecule has 0 aromatic carbocycles. The van der Waals surface area contributed by atoms with Gasteiger partial charge in [0, 0.05) is 6.42 Å². The Balaban J connectivity index is 1.80. The summed E-state index contributed by atoms with van der Waals surface area (Å²) >= 11 is 0. The Morgan fingerprint density at radius 1 is 0.463 bits per heavy atom. The minimum absolute atomic E-state index is 0.226. The number of unbranched alkanes of at least 4 members (excludes halogenated alkanes) is 19. The number of nitrogens with one attached hydrogen (secondary N) is 1. The maximum absolute atomic E-state index is 13.3. The Morgan fingerprint density at radius 2 is 0.875 bits per heavy atom. The molecule has 14 nitrogen and oxygen atoms in total. The zero-order chi connectivity index (χ0) is 58.1. The van der Waals surface area contributed by atoms with Crippen molar-refractivity contribution in [3.63, 3.8) is 0 Å². The van der Waals surface area contributed by atoms with E-state index in [1.807, 2.05) is 6.08 Å². The van der Waals surface area contributed by atoms with Crippen molar-refractivity contribution in [3.05, 3.63) is 109 Å². The van der Waals surface area contributed by atoms with Gasteiger partial charge in [-0.15, -0.1) is 0 Å². The van der Waals surface area contributed by atoms with Gasteiger partial charge in [-0.3, -0.25) is 4.79 Å². The molecule has 0 aliphatic carbocycles. The molecule has 12 unspecified atom stereocenters. The SMILES string of the molecule is CC/C=C\C/C=C\C/C=C\C/C=C\C/C=C\C/C=C\C/C=C\CCCCCC(=O)NC(COC1OC(CO)C(OC2OC(CO)C(O)C(O)C2O)C(O)C1O)C(O)/C=C/CC/C=C/CCCCCCCCCCCCCCCCC. The number of aliphatic hydroxyl groups is 8. The summed E-state index contributed by atoms with van der Waals surface area (Å²) in [5.41, 5.74) is 0. The number of ether oxygens (including phenoxy) is 4. The van der Waals surface area contributed by atoms with Gasteiger partial charge in [0.15, 0.2) is 12.6 Å². The Labute approximate surface area is 483 Å². The van der Waals surface area contributed by atoms with E-state index in [2.05, 4.69) is 116 Å². The summed E-state index contributed by atoms with van der Waals surface area (Å²) in [7, 11) is 0. The highest BCUT2D eigenvalue weighted by Crippen LogP contribution is 2.30. The molecule has 80 heavy (non-hydrogen) atoms. The smallest absolute Gasteiger partial charge is 0.220 e. The van der Waals surface area contributed by atoms with Crippen molar-refractivity contribution in [3.8, 4) is 0 Å². The summed E-state index contributed by atoms with van der Waals surface area (Å²) in [5.74, 6) is -0.285. The second-order valence-electron chi connectivity index (χ2n) is 21.4. The number of amides is 1. The molecule has 14 heteroatoms. The second-order valence-corrected chi connectivity index (χ2v) is 21.4. The molecule has 2 heterocycles. The maximum atomic E-state index is 13.3. The van der Waals surface area contributed by atoms with Crippen LogP contribution in [-0.4, -0.2) is 140 Å². The summed E-state index contributed by atoms with van der Waals surface area (Å²) in [6, 6.07) is -0.958. The fraction of sp³-hybridized carbons (Fsp3) is 0.712. The van der Waals surface area contributed by atoms with Crippen LogP contribution in [0.1, 0.15) is 206 Å². The van der Waals surface area contributed by atoms with Crippen molar-refractivity contribution in [1.29, 1.82) is 0 Å². The van der Waals surface area contributed by atoms with Crippen molar-refractivity contribution < 1.29 is 64.6 Å². The van der Waals surface area contributed by atoms with Crippen LogP contribution in [0.5, 0.6) is 0 Å². The second kappa shape index (κ2) is 50.2. The number of carbonyl (C=O) groups is 1. The molecule has 2 rings (SSSR count). The largest absolute Gasteiger partial charge is 0.394 e. The molecule has 0 aromatic rings. The molecule has 0 saturated carbocycles. The van der Waals surface area contributed by atoms with Crippen LogP contribution in [-0.2, 0) is 23.7 Å². The van der Waals surface area contributed by atoms with E-state index in [1.165, 1.54) is 96.3 Å². The molecule has 1 amide bonds. The predicted molar refractivity (Wildman–Crippen MR) is 322 cm³/mol. The van der Waals surface area contributed by atoms with Crippen molar-refractivity contribution in [2.24, 2.45) is 0 Å². The zero-order valence-electron chi connectivity index (χ0n) is 49.3. The third kappa shape index (κ3) is 34.9. The minimum atomic E-state index is -1.80. The van der Waals surface area contributed by atoms with Crippen LogP contribution in [0.4, 0.5) is 0 Å². The Bertz CT molecular complexity index is 1760. The summed E-state index contributed by atoms with van der Waals surface area (Å²) in [6.07, 6.45) is 54.1. The minimum Gasteiger partial charge on any atom is -0.394 e. The third-order valence-electron chi connectivity index (χ3n) is 14.4. The predicted octanol–water partition coefficient (Wildman–Crippen LogP) is 11.2. The molecule has 2 fully saturated rings. The van der Waals surface area contributed by atoms with E-state index in [1.54, 1.807) is 6.08 Å². The summed E-state index contributed by atoms with van der Waals surface area (Å²) in [5, 5.41) is 87.2. The average molecular weight is 1130 g/mol. The fourth-order valence-electron chi connectivity index (χ4n) is 9.46. The highest BCUT2D eigenvalue weighted by atomic mass is 16.7. The van der Waals surface area contributed by atoms with E-state index in [0.29, 0.717) is 12.8 Å². The van der Waals surface area contributed by atoms with Crippen LogP contribution >= 0.6 is 0 Å². The summed E-state index contributed by atoms with van der Waals surface area (Å²) < 4.78 is 22.8. The number of allylic oxidation sites excluding steroid dienone is 17. The first kappa shape index (κ1) is 72.8. The lowest BCUT2D eigenvalue weighted by Crippen LogP contribution is -2.65. The lowest BCUT2D eigenvalue weighted by atomic mass is 9.97. The van der Waals surface area contributed by atoms with E-state index >= 15 is 0 Å². The van der Waals surface area contributed by atoms with Crippen LogP contribution in [0.25, 0.3) is 0 Å². The number of hydrogen-bond acceptors (Lipinski definition) is 13. The van der Waals surface area contributed by atoms with Crippen LogP contribution in [0, 0.1) is 0 Å². The van der Waals surface area contributed by atoms with Crippen molar-refractivity contribution in [2.45, 2.75) is 280 Å². The topological polar surface area (TPSA) is 228 Å². The average Bonchev–Trinajstić information content (AvgIpc) is 3.49. The number of hydrogen-bond donors (Lipinski definition) is 9. The standard InChI is InChI=1S/C66H111NO13/c1-3-5-7-9-11-13-15-17-19-21-23-25-26-27-28-30-32-34-36-38-40-42-44-46-48-50-58(71)67-54(55(70)49-47-45-43-41-39-37-35-33-31-29-24-22-20-18-16-14-12-10-8-6-4-2)53-77-65-63(76)61(74)64(57(52-69)79-65)80-66-62(75)60(73)59(72)56(51-68)78-66/h5,7,11,13,17,19,23,25,27-28,32,34,38-41,47,49,54-57,59-66,68-70,72-76H,3-4,6,8-10,12,14-16,18,20-22,24,26,29-31,33,35-37,42-46,48,50-53H2,1-2H3,(H,67,71)/b7-5-,13-11-,19-17-,25-23-,28-27-,34-32-,40-38-,41-39+,49-47+. The number of carbonyl (C=O) groups excluding carboxylic acids is 1. The Hall–Kier alpha value is -3.35. The molecular weight excluding hydrogens is 1010 g/mol. The lowest BCUT2D eigenvalue weighted by Gasteiger charge is -2.46. The molecular formula is C66H111NO13. The summed E-state index contributed by atoms with van der Waals surface area (Å²) in [4.78, 5) is 13.3. The van der Waals surface area contributed by atoms with Gasteiger partial charge in [0.25, 0.3) is 0 Å². The van der Waals surface area contributed by atoms with Gasteiger partial charge in [0.2, 0.25) is 5.91 Å². The molecule has 0 aromatic heterocycles. The number of aliphatic hydroxyl groups excluding tert-OH is 8. The van der Waals surface area contributed by atoms with Crippen LogP contribution in [0.3, 0.4) is 0 Å². The van der Waals surface area contributed by atoms with E-state index in [-0.39, 0.29) is 18.9 Å². The molecule has 458 valence electrons. The first-order valence-electron chi connectivity index (χ1n) is 31.1. The normalized spacial score (nSPS) is 25.0. The molecule has 0 radical (unpaired) electrons. The molecule has 0 bridgehead atoms. The molecule has 12 atom stereocenters. The van der Waals surface area contributed by atoms with E-state index in [4.69, 9.17) is 18.9 Å². The fourth-order valence-corrected chi connectivity index (χ4v) is 9.46. The first-order valence-corrected chi connectivity index (χ1v) is 31.1. The van der Waals surface area contributed by atoms with Crippen molar-refractivity contribution in [1.82, 2.24) is 5.32 Å². The Kier molecular flexibility index (Phi) is 45.6. The van der Waals surface area contributed by atoms with Crippen molar-refractivity contribution in [2.75, 3.05) is 19.8 Å². The quantitative estimate of drug-likeness (QED) is 0.0204. The van der Waals surface area contributed by atoms with Gasteiger partial charge in [-0.25, -0.2) is 0 Å². The molecule has 2 aliphatic heterocycles. The van der Waals surface area contributed by atoms with Crippen LogP contribution in [0.2, 0.25) is 0 Å². The molecule has 9 N–H and O–H groups in total. The highest BCUT2D eigenvalue weighted by molar-refractivity contribution is 5.76. The van der Waals surface area contributed by atoms with Gasteiger partial charge in [0.05, 0.1) is 32.0 Å². The van der Waals surface area contributed by atoms with E-state index in [0.717, 1.165) is 77.0 Å². The van der Waals surface area contributed by atoms with Crippen molar-refractivity contribution >= 4 is 5.91 Å². The zero-order valence-corrected chi connectivity index (χ0v) is 49.3. The highest BCUT2D eigenvalue weighted by Gasteiger charge is 2.51. The maximum Gasteiger partial charge on any atom is 0.220 e. The molecule has 2 saturated heterocycles. The molecule has 2 aliphatic rings. The Morgan fingerprint density at radius 3 is 1.38 bits per heavy atom. The monoisotopic (exact) mass is 1130 g/mol.